The average Bonchev–Trinajstić information content (AvgIpc) is 2.02. The predicted molar refractivity (Wildman–Crippen MR) is 52.7 cm³/mol. The van der Waals surface area contributed by atoms with Crippen LogP contribution in [-0.2, 0) is 8.85 Å². The van der Waals surface area contributed by atoms with Crippen LogP contribution in [-0.4, -0.2) is 60.6 Å². The number of unbranched alkanes of at least 4 members (excludes halogenated alkanes) is 1. The summed E-state index contributed by atoms with van der Waals surface area (Å²) in [6.45, 7) is 2.16. The molecular formula is C5H18O8Si2. The molecular weight excluding hydrogens is 244 g/mol. The minimum atomic E-state index is -4.19. The van der Waals surface area contributed by atoms with Crippen molar-refractivity contribution in [3.63, 3.8) is 0 Å². The highest BCUT2D eigenvalue weighted by molar-refractivity contribution is 6.48. The summed E-state index contributed by atoms with van der Waals surface area (Å²) in [6, 6.07) is 0. The molecule has 0 aliphatic heterocycles. The quantitative estimate of drug-likeness (QED) is 0.232. The first kappa shape index (κ1) is 17.5. The van der Waals surface area contributed by atoms with Crippen molar-refractivity contribution in [2.75, 3.05) is 13.7 Å². The van der Waals surface area contributed by atoms with E-state index in [4.69, 9.17) is 28.8 Å². The van der Waals surface area contributed by atoms with Crippen LogP contribution in [0.5, 0.6) is 0 Å². The maximum absolute atomic E-state index is 8.27. The maximum Gasteiger partial charge on any atom is 0.671 e. The van der Waals surface area contributed by atoms with Crippen molar-refractivity contribution in [1.29, 1.82) is 0 Å². The van der Waals surface area contributed by atoms with E-state index < -0.39 is 18.1 Å². The lowest BCUT2D eigenvalue weighted by molar-refractivity contribution is 0.0622. The molecule has 94 valence electrons. The molecule has 0 aromatic rings. The van der Waals surface area contributed by atoms with Gasteiger partial charge in [-0.25, -0.2) is 0 Å². The smallest absolute Gasteiger partial charge is 0.368 e. The van der Waals surface area contributed by atoms with E-state index in [2.05, 4.69) is 8.85 Å². The second-order valence-electron chi connectivity index (χ2n) is 2.55. The molecule has 0 fully saturated rings. The molecule has 10 heteroatoms. The Morgan fingerprint density at radius 2 is 1.33 bits per heavy atom. The Labute approximate surface area is 89.9 Å². The van der Waals surface area contributed by atoms with E-state index in [-0.39, 0.29) is 6.61 Å². The lowest BCUT2D eigenvalue weighted by atomic mass is 10.4. The molecule has 0 rings (SSSR count). The van der Waals surface area contributed by atoms with Gasteiger partial charge in [0.15, 0.2) is 0 Å². The zero-order chi connectivity index (χ0) is 12.5. The van der Waals surface area contributed by atoms with Gasteiger partial charge in [-0.1, -0.05) is 13.3 Å². The largest absolute Gasteiger partial charge is 0.671 e. The Kier molecular flexibility index (Phi) is 9.67. The van der Waals surface area contributed by atoms with Crippen molar-refractivity contribution in [3.8, 4) is 0 Å². The highest BCUT2D eigenvalue weighted by atomic mass is 28.4. The number of rotatable bonds is 5. The van der Waals surface area contributed by atoms with Gasteiger partial charge in [-0.2, -0.15) is 0 Å². The summed E-state index contributed by atoms with van der Waals surface area (Å²) < 4.78 is 8.02. The second kappa shape index (κ2) is 8.29. The molecule has 0 aromatic carbocycles. The first-order chi connectivity index (χ1) is 6.62. The number of hydrogen-bond acceptors (Lipinski definition) is 8. The number of hydrogen-bond donors (Lipinski definition) is 6. The fourth-order valence-corrected chi connectivity index (χ4v) is 0.772. The third-order valence-corrected chi connectivity index (χ3v) is 2.21. The highest BCUT2D eigenvalue weighted by Gasteiger charge is 2.29. The fourth-order valence-electron chi connectivity index (χ4n) is 0.353. The van der Waals surface area contributed by atoms with Crippen molar-refractivity contribution >= 4 is 18.1 Å². The fraction of sp³-hybridized carbons (Fsp3) is 1.00. The normalized spacial score (nSPS) is 12.0. The minimum absolute atomic E-state index is 0.215. The first-order valence-electron chi connectivity index (χ1n) is 4.15. The van der Waals surface area contributed by atoms with E-state index >= 15 is 0 Å². The third kappa shape index (κ3) is 24.9. The molecule has 0 aliphatic carbocycles. The summed E-state index contributed by atoms with van der Waals surface area (Å²) in [7, 11) is -7.31. The molecule has 0 aliphatic rings. The SMILES string of the molecule is CCCCO[Si](O)(O)O.CO[Si](O)(O)O. The van der Waals surface area contributed by atoms with Crippen LogP contribution in [0.3, 0.4) is 0 Å². The Morgan fingerprint density at radius 3 is 1.53 bits per heavy atom. The maximum atomic E-state index is 8.27. The van der Waals surface area contributed by atoms with E-state index in [0.717, 1.165) is 20.0 Å². The Morgan fingerprint density at radius 1 is 0.933 bits per heavy atom. The van der Waals surface area contributed by atoms with Gasteiger partial charge in [0.1, 0.15) is 0 Å². The van der Waals surface area contributed by atoms with E-state index in [1.165, 1.54) is 0 Å². The van der Waals surface area contributed by atoms with Gasteiger partial charge in [0.25, 0.3) is 0 Å². The average molecular weight is 262 g/mol. The van der Waals surface area contributed by atoms with Gasteiger partial charge >= 0.3 is 18.1 Å². The van der Waals surface area contributed by atoms with Crippen molar-refractivity contribution in [1.82, 2.24) is 0 Å². The zero-order valence-electron chi connectivity index (χ0n) is 8.62. The van der Waals surface area contributed by atoms with Gasteiger partial charge in [-0.15, -0.1) is 0 Å². The van der Waals surface area contributed by atoms with Crippen LogP contribution in [0.2, 0.25) is 0 Å². The molecule has 0 radical (unpaired) electrons. The van der Waals surface area contributed by atoms with Crippen LogP contribution in [0.25, 0.3) is 0 Å². The van der Waals surface area contributed by atoms with Crippen molar-refractivity contribution in [2.24, 2.45) is 0 Å². The van der Waals surface area contributed by atoms with E-state index in [0.29, 0.717) is 0 Å². The molecule has 0 unspecified atom stereocenters. The van der Waals surface area contributed by atoms with E-state index in [1.807, 2.05) is 6.92 Å². The Hall–Kier alpha value is 0.114. The molecule has 0 atom stereocenters. The molecule has 0 saturated carbocycles. The van der Waals surface area contributed by atoms with Gasteiger partial charge < -0.3 is 37.6 Å². The van der Waals surface area contributed by atoms with E-state index in [9.17, 15) is 0 Å². The molecule has 8 nitrogen and oxygen atoms in total. The summed E-state index contributed by atoms with van der Waals surface area (Å²) in [5.41, 5.74) is 0. The summed E-state index contributed by atoms with van der Waals surface area (Å²) in [5.74, 6) is 0. The third-order valence-electron chi connectivity index (χ3n) is 1.07. The van der Waals surface area contributed by atoms with Crippen LogP contribution in [0.1, 0.15) is 19.8 Å². The topological polar surface area (TPSA) is 140 Å². The summed E-state index contributed by atoms with van der Waals surface area (Å²) >= 11 is 0. The molecule has 0 heterocycles. The van der Waals surface area contributed by atoms with Gasteiger partial charge in [0.2, 0.25) is 0 Å². The lowest BCUT2D eigenvalue weighted by Gasteiger charge is -2.07. The molecule has 6 N–H and O–H groups in total. The van der Waals surface area contributed by atoms with Crippen LogP contribution < -0.4 is 0 Å². The summed E-state index contributed by atoms with van der Waals surface area (Å²) in [4.78, 5) is 48.4. The molecule has 15 heavy (non-hydrogen) atoms. The van der Waals surface area contributed by atoms with Crippen molar-refractivity contribution in [3.05, 3.63) is 0 Å². The van der Waals surface area contributed by atoms with Crippen LogP contribution in [0.15, 0.2) is 0 Å². The summed E-state index contributed by atoms with van der Waals surface area (Å²) in [5, 5.41) is 0. The van der Waals surface area contributed by atoms with Crippen LogP contribution >= 0.6 is 0 Å². The second-order valence-corrected chi connectivity index (χ2v) is 5.55. The molecule has 0 amide bonds. The van der Waals surface area contributed by atoms with Crippen molar-refractivity contribution in [2.45, 2.75) is 19.8 Å². The molecule has 0 saturated heterocycles. The monoisotopic (exact) mass is 262 g/mol. The van der Waals surface area contributed by atoms with Crippen LogP contribution in [0.4, 0.5) is 0 Å². The van der Waals surface area contributed by atoms with Gasteiger partial charge in [0, 0.05) is 13.7 Å². The van der Waals surface area contributed by atoms with Gasteiger partial charge in [-0.05, 0) is 6.42 Å². The standard InChI is InChI=1S/C4H12O4Si.CH6O4Si/c1-2-3-4-8-9(5,6)7;1-5-6(2,3)4/h5-7H,2-4H2,1H3;2-4H,1H3. The minimum Gasteiger partial charge on any atom is -0.368 e. The lowest BCUT2D eigenvalue weighted by Crippen LogP contribution is -2.39. The zero-order valence-corrected chi connectivity index (χ0v) is 10.6. The van der Waals surface area contributed by atoms with Gasteiger partial charge in [-0.3, -0.25) is 0 Å². The Balaban J connectivity index is 0. The molecule has 0 spiro atoms. The Bertz CT molecular complexity index is 141. The molecule has 0 bridgehead atoms. The van der Waals surface area contributed by atoms with E-state index in [1.54, 1.807) is 0 Å². The molecule has 0 aromatic heterocycles. The highest BCUT2D eigenvalue weighted by Crippen LogP contribution is 1.93. The summed E-state index contributed by atoms with van der Waals surface area (Å²) in [6.07, 6.45) is 1.64. The predicted octanol–water partition coefficient (Wildman–Crippen LogP) is -2.74. The van der Waals surface area contributed by atoms with Gasteiger partial charge in [0.05, 0.1) is 0 Å². The van der Waals surface area contributed by atoms with Crippen LogP contribution in [0, 0.1) is 0 Å². The van der Waals surface area contributed by atoms with Crippen molar-refractivity contribution < 1.29 is 37.6 Å². The first-order valence-corrected chi connectivity index (χ1v) is 7.65.